The van der Waals surface area contributed by atoms with Crippen LogP contribution in [0, 0.1) is 0 Å². The number of hydrogen-bond acceptors (Lipinski definition) is 5. The summed E-state index contributed by atoms with van der Waals surface area (Å²) in [7, 11) is 0. The highest BCUT2D eigenvalue weighted by Gasteiger charge is 2.53. The van der Waals surface area contributed by atoms with Crippen LogP contribution in [0.15, 0.2) is 54.9 Å². The first-order valence-electron chi connectivity index (χ1n) is 10.1. The molecule has 4 N–H and O–H groups in total. The molecule has 0 bridgehead atoms. The van der Waals surface area contributed by atoms with E-state index < -0.39 is 24.3 Å². The van der Waals surface area contributed by atoms with Gasteiger partial charge >= 0.3 is 12.0 Å². The molecule has 30 heavy (non-hydrogen) atoms. The number of nitrogens with zero attached hydrogens (tertiary/aromatic N) is 2. The molecule has 160 valence electrons. The Kier molecular flexibility index (Phi) is 6.81. The van der Waals surface area contributed by atoms with E-state index in [0.717, 1.165) is 11.1 Å². The minimum atomic E-state index is -1.23. The average Bonchev–Trinajstić information content (AvgIpc) is 3.05. The molecule has 1 aliphatic heterocycles. The number of benzene rings is 1. The van der Waals surface area contributed by atoms with Gasteiger partial charge in [-0.25, -0.2) is 14.1 Å². The van der Waals surface area contributed by atoms with Crippen LogP contribution in [-0.4, -0.2) is 62.6 Å². The van der Waals surface area contributed by atoms with Crippen molar-refractivity contribution in [1.82, 2.24) is 15.6 Å². The number of amides is 2. The molecule has 1 fully saturated rings. The van der Waals surface area contributed by atoms with Crippen LogP contribution in [0.3, 0.4) is 0 Å². The Bertz CT molecular complexity index is 862. The fourth-order valence-corrected chi connectivity index (χ4v) is 4.05. The Balaban J connectivity index is 1.82. The zero-order valence-electron chi connectivity index (χ0n) is 17.2. The van der Waals surface area contributed by atoms with Gasteiger partial charge in [0.1, 0.15) is 19.3 Å². The van der Waals surface area contributed by atoms with E-state index in [0.29, 0.717) is 13.2 Å². The van der Waals surface area contributed by atoms with E-state index in [1.165, 1.54) is 0 Å². The third-order valence-corrected chi connectivity index (χ3v) is 5.86. The topological polar surface area (TPSA) is 112 Å². The van der Waals surface area contributed by atoms with E-state index >= 15 is 0 Å². The van der Waals surface area contributed by atoms with Crippen molar-refractivity contribution >= 4 is 12.0 Å². The molecule has 2 unspecified atom stereocenters. The van der Waals surface area contributed by atoms with Crippen LogP contribution in [0.1, 0.15) is 25.0 Å². The average molecular weight is 413 g/mol. The highest BCUT2D eigenvalue weighted by molar-refractivity contribution is 5.78. The van der Waals surface area contributed by atoms with Gasteiger partial charge in [-0.05, 0) is 38.0 Å². The van der Waals surface area contributed by atoms with Crippen LogP contribution in [0.25, 0.3) is 0 Å². The van der Waals surface area contributed by atoms with Crippen molar-refractivity contribution in [3.8, 4) is 0 Å². The molecular formula is C22H29N4O4+. The number of aromatic nitrogens is 1. The first-order chi connectivity index (χ1) is 14.3. The minimum absolute atomic E-state index is 0.0182. The number of aliphatic hydroxyl groups excluding tert-OH is 1. The van der Waals surface area contributed by atoms with Gasteiger partial charge in [0.2, 0.25) is 0 Å². The Labute approximate surface area is 176 Å². The predicted octanol–water partition coefficient (Wildman–Crippen LogP) is 1.50. The molecule has 1 aromatic heterocycles. The number of aliphatic hydroxyl groups is 1. The number of rotatable bonds is 8. The molecule has 0 spiro atoms. The third kappa shape index (κ3) is 4.67. The van der Waals surface area contributed by atoms with Gasteiger partial charge < -0.3 is 15.5 Å². The zero-order valence-corrected chi connectivity index (χ0v) is 17.2. The fourth-order valence-electron chi connectivity index (χ4n) is 4.05. The van der Waals surface area contributed by atoms with Crippen LogP contribution in [0.2, 0.25) is 0 Å². The van der Waals surface area contributed by atoms with Gasteiger partial charge in [0.25, 0.3) is 0 Å². The van der Waals surface area contributed by atoms with Crippen LogP contribution in [-0.2, 0) is 17.8 Å². The summed E-state index contributed by atoms with van der Waals surface area (Å²) in [5.74, 6) is -0.139. The molecule has 1 saturated heterocycles. The monoisotopic (exact) mass is 413 g/mol. The van der Waals surface area contributed by atoms with E-state index in [2.05, 4.69) is 15.6 Å². The third-order valence-electron chi connectivity index (χ3n) is 5.86. The molecule has 8 nitrogen and oxygen atoms in total. The first-order valence-corrected chi connectivity index (χ1v) is 10.1. The molecule has 1 aromatic carbocycles. The molecular weight excluding hydrogens is 384 g/mol. The van der Waals surface area contributed by atoms with Gasteiger partial charge in [-0.15, -0.1) is 0 Å². The zero-order chi connectivity index (χ0) is 21.7. The molecule has 2 heterocycles. The van der Waals surface area contributed by atoms with Gasteiger partial charge in [0.05, 0.1) is 12.1 Å². The van der Waals surface area contributed by atoms with E-state index in [4.69, 9.17) is 0 Å². The summed E-state index contributed by atoms with van der Waals surface area (Å²) < 4.78 is 0.136. The Morgan fingerprint density at radius 2 is 1.87 bits per heavy atom. The molecule has 0 aliphatic carbocycles. The first kappa shape index (κ1) is 21.9. The molecule has 8 heteroatoms. The highest BCUT2D eigenvalue weighted by Crippen LogP contribution is 2.27. The SMILES string of the molecule is CC(C)[N+]1(Cc2ccncc2)CNC([C@H](O)[C@H](Cc2ccccc2)NC(=O)O)C1=O. The normalized spacial score (nSPS) is 23.3. The number of nitrogens with one attached hydrogen (secondary N) is 2. The van der Waals surface area contributed by atoms with Crippen molar-refractivity contribution < 1.29 is 24.3 Å². The van der Waals surface area contributed by atoms with Gasteiger partial charge in [-0.2, -0.15) is 0 Å². The summed E-state index contributed by atoms with van der Waals surface area (Å²) in [5, 5.41) is 25.9. The second-order valence-corrected chi connectivity index (χ2v) is 8.06. The van der Waals surface area contributed by atoms with Gasteiger partial charge in [-0.1, -0.05) is 30.3 Å². The summed E-state index contributed by atoms with van der Waals surface area (Å²) in [5.41, 5.74) is 1.86. The molecule has 2 amide bonds. The maximum absolute atomic E-state index is 13.5. The van der Waals surface area contributed by atoms with Crippen LogP contribution >= 0.6 is 0 Å². The number of hydrogen-bond donors (Lipinski definition) is 4. The molecule has 3 rings (SSSR count). The second kappa shape index (κ2) is 9.34. The maximum atomic E-state index is 13.5. The Morgan fingerprint density at radius 3 is 2.47 bits per heavy atom. The number of carboxylic acid groups (broad SMARTS) is 1. The molecule has 0 saturated carbocycles. The van der Waals surface area contributed by atoms with E-state index in [1.807, 2.05) is 56.3 Å². The van der Waals surface area contributed by atoms with E-state index in [9.17, 15) is 19.8 Å². The lowest BCUT2D eigenvalue weighted by molar-refractivity contribution is -0.882. The quantitative estimate of drug-likeness (QED) is 0.488. The number of pyridine rings is 1. The van der Waals surface area contributed by atoms with Crippen molar-refractivity contribution in [1.29, 1.82) is 0 Å². The lowest BCUT2D eigenvalue weighted by Crippen LogP contribution is -2.58. The van der Waals surface area contributed by atoms with Crippen molar-refractivity contribution in [3.63, 3.8) is 0 Å². The summed E-state index contributed by atoms with van der Waals surface area (Å²) >= 11 is 0. The Morgan fingerprint density at radius 1 is 1.20 bits per heavy atom. The van der Waals surface area contributed by atoms with Crippen molar-refractivity contribution in [2.24, 2.45) is 0 Å². The van der Waals surface area contributed by atoms with Crippen molar-refractivity contribution in [3.05, 3.63) is 66.0 Å². The van der Waals surface area contributed by atoms with Crippen LogP contribution < -0.4 is 10.6 Å². The van der Waals surface area contributed by atoms with Gasteiger partial charge in [0.15, 0.2) is 6.04 Å². The predicted molar refractivity (Wildman–Crippen MR) is 111 cm³/mol. The molecule has 2 aromatic rings. The fraction of sp³-hybridized carbons (Fsp3) is 0.409. The van der Waals surface area contributed by atoms with Gasteiger partial charge in [0, 0.05) is 18.0 Å². The number of carbonyl (C=O) groups is 2. The van der Waals surface area contributed by atoms with Gasteiger partial charge in [-0.3, -0.25) is 10.3 Å². The number of quaternary nitrogens is 1. The summed E-state index contributed by atoms with van der Waals surface area (Å²) in [6.07, 6.45) is 1.23. The summed E-state index contributed by atoms with van der Waals surface area (Å²) in [6, 6.07) is 11.4. The summed E-state index contributed by atoms with van der Waals surface area (Å²) in [4.78, 5) is 28.9. The lowest BCUT2D eigenvalue weighted by atomic mass is 9.95. The standard InChI is InChI=1S/C22H28N4O4/c1-15(2)26(13-17-8-10-23-11-9-17)14-24-19(21(26)28)20(27)18(25-22(29)30)12-16-6-4-3-5-7-16/h3-11,15,18-20,24-25,27H,12-14H2,1-2H3/p+1/t18-,19?,20+,26?/m0/s1. The van der Waals surface area contributed by atoms with E-state index in [1.54, 1.807) is 12.4 Å². The second-order valence-electron chi connectivity index (χ2n) is 8.06. The lowest BCUT2D eigenvalue weighted by Gasteiger charge is -2.35. The smallest absolute Gasteiger partial charge is 0.404 e. The van der Waals surface area contributed by atoms with Crippen LogP contribution in [0.5, 0.6) is 0 Å². The number of carbonyl (C=O) groups excluding carboxylic acids is 1. The highest BCUT2D eigenvalue weighted by atomic mass is 16.4. The van der Waals surface area contributed by atoms with Crippen molar-refractivity contribution in [2.75, 3.05) is 6.67 Å². The summed E-state index contributed by atoms with van der Waals surface area (Å²) in [6.45, 7) is 4.80. The minimum Gasteiger partial charge on any atom is -0.465 e. The van der Waals surface area contributed by atoms with E-state index in [-0.39, 0.29) is 22.9 Å². The molecule has 4 atom stereocenters. The maximum Gasteiger partial charge on any atom is 0.404 e. The Hall–Kier alpha value is -2.81. The van der Waals surface area contributed by atoms with Crippen LogP contribution in [0.4, 0.5) is 4.79 Å². The largest absolute Gasteiger partial charge is 0.465 e. The van der Waals surface area contributed by atoms with Crippen molar-refractivity contribution in [2.45, 2.75) is 51.0 Å². The molecule has 1 aliphatic rings. The molecule has 0 radical (unpaired) electrons.